The van der Waals surface area contributed by atoms with E-state index in [9.17, 15) is 18.0 Å². The molecule has 2 aromatic heterocycles. The summed E-state index contributed by atoms with van der Waals surface area (Å²) in [6, 6.07) is 6.95. The van der Waals surface area contributed by atoms with E-state index in [2.05, 4.69) is 53.1 Å². The van der Waals surface area contributed by atoms with E-state index in [1.54, 1.807) is 17.9 Å². The van der Waals surface area contributed by atoms with Crippen LogP contribution in [-0.4, -0.2) is 54.0 Å². The summed E-state index contributed by atoms with van der Waals surface area (Å²) in [7, 11) is 0. The lowest BCUT2D eigenvalue weighted by Gasteiger charge is -2.31. The second kappa shape index (κ2) is 11.1. The molecule has 0 unspecified atom stereocenters. The molecule has 0 spiro atoms. The highest BCUT2D eigenvalue weighted by Gasteiger charge is 2.34. The fraction of sp³-hybridized carbons (Fsp3) is 0.409. The van der Waals surface area contributed by atoms with Crippen molar-refractivity contribution in [3.05, 3.63) is 47.4 Å². The first-order chi connectivity index (χ1) is 16.2. The Morgan fingerprint density at radius 1 is 1.15 bits per heavy atom. The lowest BCUT2D eigenvalue weighted by atomic mass is 9.93. The maximum Gasteiger partial charge on any atom is 0.417 e. The number of nitrogens with zero attached hydrogens (tertiary/aromatic N) is 5. The summed E-state index contributed by atoms with van der Waals surface area (Å²) in [6.07, 6.45) is -3.22. The third-order valence-corrected chi connectivity index (χ3v) is 5.41. The molecule has 4 rings (SSSR count). The Labute approximate surface area is 208 Å². The van der Waals surface area contributed by atoms with Crippen molar-refractivity contribution in [3.63, 3.8) is 0 Å². The SMILES string of the molecule is CC(=O)N1CCC(c2cc(Nc3n[nH]c(C)n3)nc(-c3ccccc3C(F)(F)F)n2)CC1.CI. The van der Waals surface area contributed by atoms with Gasteiger partial charge in [-0.3, -0.25) is 9.89 Å². The Morgan fingerprint density at radius 2 is 1.82 bits per heavy atom. The van der Waals surface area contributed by atoms with Gasteiger partial charge in [0.15, 0.2) is 5.82 Å². The molecular weight excluding hydrogens is 562 g/mol. The van der Waals surface area contributed by atoms with Gasteiger partial charge in [-0.15, -0.1) is 5.10 Å². The zero-order chi connectivity index (χ0) is 24.9. The number of carbonyl (C=O) groups is 1. The van der Waals surface area contributed by atoms with Crippen LogP contribution in [0.25, 0.3) is 11.4 Å². The second-order valence-corrected chi connectivity index (χ2v) is 7.69. The molecule has 0 radical (unpaired) electrons. The molecule has 182 valence electrons. The van der Waals surface area contributed by atoms with Crippen LogP contribution in [0.3, 0.4) is 0 Å². The van der Waals surface area contributed by atoms with Crippen molar-refractivity contribution >= 4 is 40.3 Å². The number of H-pyrrole nitrogens is 1. The van der Waals surface area contributed by atoms with Gasteiger partial charge in [0.05, 0.1) is 5.56 Å². The summed E-state index contributed by atoms with van der Waals surface area (Å²) in [5.74, 6) is 1.11. The van der Waals surface area contributed by atoms with Crippen molar-refractivity contribution in [2.75, 3.05) is 23.3 Å². The molecule has 1 aliphatic rings. The summed E-state index contributed by atoms with van der Waals surface area (Å²) >= 11 is 2.15. The minimum atomic E-state index is -4.54. The maximum atomic E-state index is 13.6. The van der Waals surface area contributed by atoms with Crippen LogP contribution in [0.4, 0.5) is 24.9 Å². The van der Waals surface area contributed by atoms with Gasteiger partial charge < -0.3 is 10.2 Å². The highest BCUT2D eigenvalue weighted by Crippen LogP contribution is 2.37. The average Bonchev–Trinajstić information content (AvgIpc) is 3.24. The van der Waals surface area contributed by atoms with Crippen molar-refractivity contribution in [2.45, 2.75) is 38.8 Å². The van der Waals surface area contributed by atoms with E-state index in [-0.39, 0.29) is 29.2 Å². The number of hydrogen-bond acceptors (Lipinski definition) is 6. The first kappa shape index (κ1) is 25.8. The fourth-order valence-corrected chi connectivity index (χ4v) is 3.79. The predicted molar refractivity (Wildman–Crippen MR) is 131 cm³/mol. The number of halogens is 4. The Hall–Kier alpha value is -2.77. The van der Waals surface area contributed by atoms with Crippen molar-refractivity contribution in [3.8, 4) is 11.4 Å². The number of carbonyl (C=O) groups excluding carboxylic acids is 1. The second-order valence-electron chi connectivity index (χ2n) is 7.69. The van der Waals surface area contributed by atoms with Gasteiger partial charge in [-0.05, 0) is 30.8 Å². The molecular formula is C22H25F3IN7O. The van der Waals surface area contributed by atoms with E-state index in [1.165, 1.54) is 25.1 Å². The molecule has 2 N–H and O–H groups in total. The molecule has 1 saturated heterocycles. The molecule has 3 aromatic rings. The molecule has 0 bridgehead atoms. The number of aromatic nitrogens is 5. The van der Waals surface area contributed by atoms with E-state index in [0.29, 0.717) is 43.3 Å². The molecule has 1 amide bonds. The fourth-order valence-electron chi connectivity index (χ4n) is 3.79. The number of benzene rings is 1. The van der Waals surface area contributed by atoms with E-state index in [1.807, 2.05) is 4.93 Å². The number of amides is 1. The summed E-state index contributed by atoms with van der Waals surface area (Å²) < 4.78 is 40.9. The van der Waals surface area contributed by atoms with Gasteiger partial charge in [0.1, 0.15) is 11.6 Å². The van der Waals surface area contributed by atoms with Crippen molar-refractivity contribution in [1.82, 2.24) is 30.0 Å². The third-order valence-electron chi connectivity index (χ3n) is 5.41. The smallest absolute Gasteiger partial charge is 0.343 e. The van der Waals surface area contributed by atoms with Gasteiger partial charge in [0, 0.05) is 43.3 Å². The Kier molecular flexibility index (Phi) is 8.44. The molecule has 8 nitrogen and oxygen atoms in total. The molecule has 3 heterocycles. The lowest BCUT2D eigenvalue weighted by Crippen LogP contribution is -2.36. The van der Waals surface area contributed by atoms with Gasteiger partial charge in [0.2, 0.25) is 11.9 Å². The van der Waals surface area contributed by atoms with Crippen molar-refractivity contribution in [2.24, 2.45) is 0 Å². The number of rotatable bonds is 4. The number of alkyl halides is 4. The lowest BCUT2D eigenvalue weighted by molar-refractivity contribution is -0.137. The average molecular weight is 587 g/mol. The van der Waals surface area contributed by atoms with Crippen LogP contribution in [0.15, 0.2) is 30.3 Å². The molecule has 0 aliphatic carbocycles. The van der Waals surface area contributed by atoms with E-state index < -0.39 is 11.7 Å². The first-order valence-electron chi connectivity index (χ1n) is 10.6. The molecule has 34 heavy (non-hydrogen) atoms. The molecule has 1 fully saturated rings. The topological polar surface area (TPSA) is 99.7 Å². The molecule has 0 saturated carbocycles. The molecule has 1 aliphatic heterocycles. The van der Waals surface area contributed by atoms with Crippen LogP contribution in [0.2, 0.25) is 0 Å². The molecule has 12 heteroatoms. The number of piperidine rings is 1. The van der Waals surface area contributed by atoms with E-state index in [0.717, 1.165) is 6.07 Å². The standard InChI is InChI=1S/C21H22F3N7O.CH3I/c1-12-25-20(30-29-12)28-18-11-17(14-7-9-31(10-8-14)13(2)32)26-19(27-18)15-5-3-4-6-16(15)21(22,23)24;1-2/h3-6,11,14H,7-10H2,1-2H3,(H2,25,26,27,28,29,30);1H3. The van der Waals surface area contributed by atoms with Crippen LogP contribution in [0.1, 0.15) is 42.8 Å². The maximum absolute atomic E-state index is 13.6. The van der Waals surface area contributed by atoms with Gasteiger partial charge in [-0.25, -0.2) is 9.97 Å². The highest BCUT2D eigenvalue weighted by atomic mass is 127. The van der Waals surface area contributed by atoms with Crippen molar-refractivity contribution in [1.29, 1.82) is 0 Å². The number of anilines is 2. The Balaban J connectivity index is 0.00000158. The molecule has 1 aromatic carbocycles. The van der Waals surface area contributed by atoms with Crippen LogP contribution in [0.5, 0.6) is 0 Å². The monoisotopic (exact) mass is 587 g/mol. The van der Waals surface area contributed by atoms with Gasteiger partial charge >= 0.3 is 6.18 Å². The quantitative estimate of drug-likeness (QED) is 0.325. The summed E-state index contributed by atoms with van der Waals surface area (Å²) in [6.45, 7) is 4.40. The van der Waals surface area contributed by atoms with E-state index >= 15 is 0 Å². The zero-order valence-corrected chi connectivity index (χ0v) is 21.1. The number of likely N-dealkylation sites (tertiary alicyclic amines) is 1. The Bertz CT molecular complexity index is 1130. The Morgan fingerprint density at radius 3 is 2.41 bits per heavy atom. The minimum Gasteiger partial charge on any atom is -0.343 e. The summed E-state index contributed by atoms with van der Waals surface area (Å²) in [5, 5.41) is 9.66. The van der Waals surface area contributed by atoms with Crippen LogP contribution >= 0.6 is 22.6 Å². The van der Waals surface area contributed by atoms with Crippen molar-refractivity contribution < 1.29 is 18.0 Å². The third kappa shape index (κ3) is 6.21. The van der Waals surface area contributed by atoms with Gasteiger partial charge in [0.25, 0.3) is 0 Å². The normalized spacial score (nSPS) is 14.4. The highest BCUT2D eigenvalue weighted by molar-refractivity contribution is 14.1. The van der Waals surface area contributed by atoms with Crippen LogP contribution in [-0.2, 0) is 11.0 Å². The largest absolute Gasteiger partial charge is 0.417 e. The zero-order valence-electron chi connectivity index (χ0n) is 18.9. The predicted octanol–water partition coefficient (Wildman–Crippen LogP) is 5.11. The van der Waals surface area contributed by atoms with Gasteiger partial charge in [-0.1, -0.05) is 40.8 Å². The minimum absolute atomic E-state index is 0.00765. The summed E-state index contributed by atoms with van der Waals surface area (Å²) in [4.78, 5) is 28.4. The number of nitrogens with one attached hydrogen (secondary N) is 2. The van der Waals surface area contributed by atoms with E-state index in [4.69, 9.17) is 0 Å². The van der Waals surface area contributed by atoms with Gasteiger partial charge in [-0.2, -0.15) is 18.2 Å². The van der Waals surface area contributed by atoms with Crippen LogP contribution < -0.4 is 5.32 Å². The summed E-state index contributed by atoms with van der Waals surface area (Å²) in [5.41, 5.74) is -0.287. The molecule has 0 atom stereocenters. The first-order valence-corrected chi connectivity index (χ1v) is 12.7. The number of aryl methyl sites for hydroxylation is 1. The van der Waals surface area contributed by atoms with Crippen LogP contribution in [0, 0.1) is 6.92 Å². The number of hydrogen-bond donors (Lipinski definition) is 2. The number of aromatic amines is 1.